The third-order valence-electron chi connectivity index (χ3n) is 2.60. The van der Waals surface area contributed by atoms with E-state index in [1.165, 1.54) is 0 Å². The normalized spacial score (nSPS) is 13.5. The van der Waals surface area contributed by atoms with E-state index in [0.29, 0.717) is 12.8 Å². The van der Waals surface area contributed by atoms with E-state index in [4.69, 9.17) is 0 Å². The summed E-state index contributed by atoms with van der Waals surface area (Å²) < 4.78 is 1.57. The molecule has 0 rings (SSSR count). The molecule has 0 aliphatic rings. The Morgan fingerprint density at radius 2 is 0.714 bits per heavy atom. The molecule has 80 valence electrons. The predicted molar refractivity (Wildman–Crippen MR) is 66.0 cm³/mol. The van der Waals surface area contributed by atoms with Crippen LogP contribution in [-0.2, 0) is 0 Å². The van der Waals surface area contributed by atoms with E-state index in [0.717, 1.165) is 0 Å². The molecule has 0 aliphatic heterocycles. The summed E-state index contributed by atoms with van der Waals surface area (Å²) in [4.78, 5) is 0. The van der Waals surface area contributed by atoms with Crippen LogP contribution in [0.25, 0.3) is 0 Å². The molecule has 0 atom stereocenters. The Hall–Kier alpha value is 1.13. The van der Waals surface area contributed by atoms with Crippen LogP contribution in [0.3, 0.4) is 0 Å². The van der Waals surface area contributed by atoms with Crippen LogP contribution in [0.15, 0.2) is 0 Å². The summed E-state index contributed by atoms with van der Waals surface area (Å²) >= 11 is -0.799. The quantitative estimate of drug-likeness (QED) is 0.532. The molecule has 14 heavy (non-hydrogen) atoms. The van der Waals surface area contributed by atoms with Crippen LogP contribution in [0.5, 0.6) is 0 Å². The van der Waals surface area contributed by atoms with Crippen LogP contribution in [0, 0.1) is 0 Å². The fourth-order valence-electron chi connectivity index (χ4n) is 3.90. The molecule has 0 radical (unpaired) electrons. The second-order valence-corrected chi connectivity index (χ2v) is 13.6. The van der Waals surface area contributed by atoms with Crippen molar-refractivity contribution >= 4 is 14.1 Å². The topological polar surface area (TPSA) is 0 Å². The molecule has 0 nitrogen and oxygen atoms in total. The maximum Gasteiger partial charge on any atom is 1.00 e. The zero-order valence-electron chi connectivity index (χ0n) is 13.1. The van der Waals surface area contributed by atoms with Gasteiger partial charge in [0.2, 0.25) is 0 Å². The third-order valence-corrected chi connectivity index (χ3v) is 7.79. The van der Waals surface area contributed by atoms with Gasteiger partial charge >= 0.3 is 18.9 Å². The first-order chi connectivity index (χ1) is 5.37. The Morgan fingerprint density at radius 3 is 0.714 bits per heavy atom. The van der Waals surface area contributed by atoms with Crippen molar-refractivity contribution in [2.45, 2.75) is 75.1 Å². The summed E-state index contributed by atoms with van der Waals surface area (Å²) in [7, 11) is 0. The SMILES string of the molecule is C[C](C)(C)[Al]([C](C)(C)C)[C](C)(C)C.[H-].[Li+]. The first kappa shape index (κ1) is 17.5. The van der Waals surface area contributed by atoms with Crippen LogP contribution >= 0.6 is 0 Å². The molecule has 0 heterocycles. The van der Waals surface area contributed by atoms with Gasteiger partial charge in [-0.25, -0.2) is 0 Å². The van der Waals surface area contributed by atoms with Crippen molar-refractivity contribution in [1.82, 2.24) is 0 Å². The molecule has 0 aliphatic carbocycles. The Balaban J connectivity index is -0.000000720. The Bertz CT molecular complexity index is 138. The van der Waals surface area contributed by atoms with E-state index in [1.807, 2.05) is 0 Å². The van der Waals surface area contributed by atoms with Crippen molar-refractivity contribution in [2.75, 3.05) is 0 Å². The molecule has 0 N–H and O–H groups in total. The van der Waals surface area contributed by atoms with E-state index in [2.05, 4.69) is 62.3 Å². The monoisotopic (exact) mass is 206 g/mol. The van der Waals surface area contributed by atoms with Crippen molar-refractivity contribution in [3.63, 3.8) is 0 Å². The molecule has 0 bridgehead atoms. The third kappa shape index (κ3) is 5.28. The number of hydrogen-bond donors (Lipinski definition) is 0. The maximum atomic E-state index is 2.42. The fourth-order valence-corrected chi connectivity index (χ4v) is 11.7. The van der Waals surface area contributed by atoms with Crippen LogP contribution in [0.2, 0.25) is 12.8 Å². The van der Waals surface area contributed by atoms with Gasteiger partial charge in [-0.1, -0.05) is 75.1 Å². The van der Waals surface area contributed by atoms with E-state index < -0.39 is 14.1 Å². The average Bonchev–Trinajstić information content (AvgIpc) is 1.44. The van der Waals surface area contributed by atoms with E-state index in [-0.39, 0.29) is 20.3 Å². The zero-order chi connectivity index (χ0) is 11.1. The van der Waals surface area contributed by atoms with Gasteiger partial charge in [0.25, 0.3) is 14.1 Å². The van der Waals surface area contributed by atoms with Gasteiger partial charge in [-0.3, -0.25) is 0 Å². The number of rotatable bonds is 0. The maximum absolute atomic E-state index is 2.42. The van der Waals surface area contributed by atoms with Crippen LogP contribution in [0.4, 0.5) is 0 Å². The molecule has 0 unspecified atom stereocenters. The molecular formula is C12H28AlLi. The van der Waals surface area contributed by atoms with Crippen molar-refractivity contribution in [3.05, 3.63) is 0 Å². The summed E-state index contributed by atoms with van der Waals surface area (Å²) in [6, 6.07) is 0. The Morgan fingerprint density at radius 1 is 0.571 bits per heavy atom. The van der Waals surface area contributed by atoms with E-state index >= 15 is 0 Å². The van der Waals surface area contributed by atoms with Crippen molar-refractivity contribution < 1.29 is 20.3 Å². The second-order valence-electron chi connectivity index (χ2n) is 7.53. The fraction of sp³-hybridized carbons (Fsp3) is 1.00. The van der Waals surface area contributed by atoms with Crippen LogP contribution < -0.4 is 18.9 Å². The molecule has 0 saturated carbocycles. The minimum absolute atomic E-state index is 0. The summed E-state index contributed by atoms with van der Waals surface area (Å²) in [6.45, 7) is 21.8. The van der Waals surface area contributed by atoms with E-state index in [9.17, 15) is 0 Å². The van der Waals surface area contributed by atoms with Crippen molar-refractivity contribution in [1.29, 1.82) is 0 Å². The van der Waals surface area contributed by atoms with Gasteiger partial charge in [-0.05, 0) is 0 Å². The summed E-state index contributed by atoms with van der Waals surface area (Å²) in [5.41, 5.74) is 0. The summed E-state index contributed by atoms with van der Waals surface area (Å²) in [6.07, 6.45) is 0. The van der Waals surface area contributed by atoms with Gasteiger partial charge in [0.1, 0.15) is 0 Å². The molecule has 0 aromatic heterocycles. The summed E-state index contributed by atoms with van der Waals surface area (Å²) in [5.74, 6) is 0. The Kier molecular flexibility index (Phi) is 6.23. The molecule has 0 spiro atoms. The van der Waals surface area contributed by atoms with Gasteiger partial charge in [0.05, 0.1) is 0 Å². The largest absolute Gasteiger partial charge is 1.00 e. The standard InChI is InChI=1S/3C4H9.Al.Li.H/c3*1-4(2)3;;;/h3*1-3H3;;;/q;;;;+1;-1. The average molecular weight is 206 g/mol. The zero-order valence-corrected chi connectivity index (χ0v) is 13.2. The molecule has 0 aromatic carbocycles. The van der Waals surface area contributed by atoms with Gasteiger partial charge in [-0.2, -0.15) is 0 Å². The van der Waals surface area contributed by atoms with Gasteiger partial charge in [0, 0.05) is 0 Å². The van der Waals surface area contributed by atoms with Gasteiger partial charge < -0.3 is 1.43 Å². The Labute approximate surface area is 109 Å². The minimum atomic E-state index is -0.799. The molecule has 0 amide bonds. The minimum Gasteiger partial charge on any atom is -1.00 e. The van der Waals surface area contributed by atoms with Crippen LogP contribution in [0.1, 0.15) is 63.7 Å². The molecule has 2 heteroatoms. The first-order valence-corrected chi connectivity index (χ1v) is 7.10. The van der Waals surface area contributed by atoms with Gasteiger partial charge in [0.15, 0.2) is 0 Å². The number of hydrogen-bond acceptors (Lipinski definition) is 0. The molecular weight excluding hydrogens is 178 g/mol. The van der Waals surface area contributed by atoms with Gasteiger partial charge in [-0.15, -0.1) is 0 Å². The summed E-state index contributed by atoms with van der Waals surface area (Å²) in [5, 5.41) is 0. The first-order valence-electron chi connectivity index (χ1n) is 5.37. The van der Waals surface area contributed by atoms with Crippen molar-refractivity contribution in [3.8, 4) is 0 Å². The molecule has 0 saturated heterocycles. The van der Waals surface area contributed by atoms with Crippen molar-refractivity contribution in [2.24, 2.45) is 0 Å². The van der Waals surface area contributed by atoms with E-state index in [1.54, 1.807) is 0 Å². The molecule has 0 fully saturated rings. The van der Waals surface area contributed by atoms with Crippen LogP contribution in [-0.4, -0.2) is 14.1 Å². The second kappa shape index (κ2) is 4.97. The smallest absolute Gasteiger partial charge is 1.00 e. The predicted octanol–water partition coefficient (Wildman–Crippen LogP) is 2.00. The molecule has 0 aromatic rings.